The molecule has 13 heavy (non-hydrogen) atoms. The summed E-state index contributed by atoms with van der Waals surface area (Å²) in [6.45, 7) is 3.76. The van der Waals surface area contributed by atoms with E-state index in [1.807, 2.05) is 6.92 Å². The molecular formula is C9H18O3S. The molecule has 0 bridgehead atoms. The molecule has 0 aliphatic carbocycles. The van der Waals surface area contributed by atoms with Crippen LogP contribution in [0.15, 0.2) is 0 Å². The van der Waals surface area contributed by atoms with E-state index in [1.54, 1.807) is 18.7 Å². The van der Waals surface area contributed by atoms with E-state index < -0.39 is 0 Å². The highest BCUT2D eigenvalue weighted by Gasteiger charge is 2.08. The number of carbonyl (C=O) groups is 1. The summed E-state index contributed by atoms with van der Waals surface area (Å²) in [5.41, 5.74) is 0. The number of rotatable bonds is 6. The van der Waals surface area contributed by atoms with Crippen molar-refractivity contribution >= 4 is 17.7 Å². The number of aliphatic hydroxyl groups is 1. The van der Waals surface area contributed by atoms with E-state index in [0.29, 0.717) is 6.42 Å². The van der Waals surface area contributed by atoms with E-state index in [1.165, 1.54) is 7.11 Å². The number of methoxy groups -OCH3 is 1. The normalized spacial score (nSPS) is 15.1. The summed E-state index contributed by atoms with van der Waals surface area (Å²) in [7, 11) is 1.40. The van der Waals surface area contributed by atoms with Crippen LogP contribution in [0.1, 0.15) is 26.7 Å². The lowest BCUT2D eigenvalue weighted by Crippen LogP contribution is -2.15. The third-order valence-corrected chi connectivity index (χ3v) is 3.26. The molecule has 78 valence electrons. The van der Waals surface area contributed by atoms with Crippen LogP contribution in [0.3, 0.4) is 0 Å². The maximum absolute atomic E-state index is 10.7. The van der Waals surface area contributed by atoms with Gasteiger partial charge in [0.25, 0.3) is 0 Å². The molecule has 0 aliphatic heterocycles. The molecule has 3 nitrogen and oxygen atoms in total. The third-order valence-electron chi connectivity index (χ3n) is 1.81. The lowest BCUT2D eigenvalue weighted by molar-refractivity contribution is -0.140. The summed E-state index contributed by atoms with van der Waals surface area (Å²) < 4.78 is 4.51. The topological polar surface area (TPSA) is 46.5 Å². The number of thioether (sulfide) groups is 1. The van der Waals surface area contributed by atoms with Crippen molar-refractivity contribution in [2.75, 3.05) is 12.9 Å². The second-order valence-electron chi connectivity index (χ2n) is 3.00. The van der Waals surface area contributed by atoms with Crippen LogP contribution >= 0.6 is 11.8 Å². The Labute approximate surface area is 83.9 Å². The molecule has 0 saturated carbocycles. The molecule has 1 N–H and O–H groups in total. The Morgan fingerprint density at radius 2 is 2.15 bits per heavy atom. The molecule has 0 aromatic heterocycles. The fourth-order valence-electron chi connectivity index (χ4n) is 0.727. The van der Waals surface area contributed by atoms with Gasteiger partial charge in [-0.3, -0.25) is 4.79 Å². The minimum absolute atomic E-state index is 0.162. The van der Waals surface area contributed by atoms with E-state index in [-0.39, 0.29) is 17.3 Å². The average molecular weight is 206 g/mol. The molecule has 4 heteroatoms. The molecule has 0 radical (unpaired) electrons. The monoisotopic (exact) mass is 206 g/mol. The zero-order valence-corrected chi connectivity index (χ0v) is 9.26. The van der Waals surface area contributed by atoms with E-state index in [2.05, 4.69) is 4.74 Å². The lowest BCUT2D eigenvalue weighted by Gasteiger charge is -2.13. The number of carbonyl (C=O) groups excluding carboxylic acids is 1. The Bertz CT molecular complexity index is 148. The first-order chi connectivity index (χ1) is 6.07. The Morgan fingerprint density at radius 1 is 1.54 bits per heavy atom. The van der Waals surface area contributed by atoms with Crippen molar-refractivity contribution in [3.8, 4) is 0 Å². The van der Waals surface area contributed by atoms with Gasteiger partial charge in [0.05, 0.1) is 13.2 Å². The van der Waals surface area contributed by atoms with Crippen molar-refractivity contribution in [1.29, 1.82) is 0 Å². The van der Waals surface area contributed by atoms with Gasteiger partial charge in [-0.15, -0.1) is 0 Å². The highest BCUT2D eigenvalue weighted by atomic mass is 32.2. The minimum atomic E-state index is -0.289. The highest BCUT2D eigenvalue weighted by molar-refractivity contribution is 7.99. The third kappa shape index (κ3) is 6.90. The quantitative estimate of drug-likeness (QED) is 0.527. The van der Waals surface area contributed by atoms with Crippen LogP contribution in [0.5, 0.6) is 0 Å². The van der Waals surface area contributed by atoms with Crippen molar-refractivity contribution in [3.05, 3.63) is 0 Å². The van der Waals surface area contributed by atoms with Gasteiger partial charge in [-0.05, 0) is 19.1 Å². The van der Waals surface area contributed by atoms with Crippen molar-refractivity contribution in [3.63, 3.8) is 0 Å². The first kappa shape index (κ1) is 12.8. The summed E-state index contributed by atoms with van der Waals surface area (Å²) in [6, 6.07) is 0. The Balaban J connectivity index is 3.30. The second kappa shape index (κ2) is 7.21. The van der Waals surface area contributed by atoms with E-state index in [0.717, 1.165) is 12.2 Å². The summed E-state index contributed by atoms with van der Waals surface area (Å²) in [5, 5.41) is 9.40. The van der Waals surface area contributed by atoms with Crippen LogP contribution in [0.4, 0.5) is 0 Å². The molecule has 0 spiro atoms. The van der Waals surface area contributed by atoms with Crippen molar-refractivity contribution in [1.82, 2.24) is 0 Å². The average Bonchev–Trinajstić information content (AvgIpc) is 2.11. The molecule has 0 heterocycles. The number of hydrogen-bond acceptors (Lipinski definition) is 4. The van der Waals surface area contributed by atoms with Gasteiger partial charge < -0.3 is 9.84 Å². The van der Waals surface area contributed by atoms with Crippen LogP contribution in [-0.4, -0.2) is 35.3 Å². The molecule has 0 aromatic carbocycles. The van der Waals surface area contributed by atoms with E-state index >= 15 is 0 Å². The fourth-order valence-corrected chi connectivity index (χ4v) is 1.69. The molecular weight excluding hydrogens is 188 g/mol. The van der Waals surface area contributed by atoms with Gasteiger partial charge >= 0.3 is 5.97 Å². The minimum Gasteiger partial charge on any atom is -0.469 e. The van der Waals surface area contributed by atoms with Crippen molar-refractivity contribution in [2.24, 2.45) is 0 Å². The Kier molecular flexibility index (Phi) is 7.09. The van der Waals surface area contributed by atoms with Crippen molar-refractivity contribution < 1.29 is 14.6 Å². The van der Waals surface area contributed by atoms with Crippen LogP contribution in [-0.2, 0) is 9.53 Å². The second-order valence-corrected chi connectivity index (χ2v) is 4.48. The Hall–Kier alpha value is -0.220. The largest absolute Gasteiger partial charge is 0.469 e. The summed E-state index contributed by atoms with van der Waals surface area (Å²) >= 11 is 1.68. The van der Waals surface area contributed by atoms with Gasteiger partial charge in [0.15, 0.2) is 0 Å². The van der Waals surface area contributed by atoms with Gasteiger partial charge in [0.1, 0.15) is 0 Å². The van der Waals surface area contributed by atoms with E-state index in [9.17, 15) is 4.79 Å². The molecule has 2 atom stereocenters. The van der Waals surface area contributed by atoms with Crippen LogP contribution in [0.2, 0.25) is 0 Å². The predicted octanol–water partition coefficient (Wildman–Crippen LogP) is 1.44. The maximum Gasteiger partial charge on any atom is 0.305 e. The van der Waals surface area contributed by atoms with Gasteiger partial charge in [0.2, 0.25) is 0 Å². The van der Waals surface area contributed by atoms with Gasteiger partial charge in [-0.25, -0.2) is 0 Å². The molecule has 0 rings (SSSR count). The number of ether oxygens (including phenoxy) is 1. The summed E-state index contributed by atoms with van der Waals surface area (Å²) in [5.74, 6) is 0.728. The summed E-state index contributed by atoms with van der Waals surface area (Å²) in [6.07, 6.45) is 0.993. The molecule has 2 unspecified atom stereocenters. The lowest BCUT2D eigenvalue weighted by atomic mass is 10.3. The maximum atomic E-state index is 10.7. The van der Waals surface area contributed by atoms with Crippen LogP contribution in [0, 0.1) is 0 Å². The SMILES string of the molecule is COC(=O)CCCSC(C)C(C)O. The van der Waals surface area contributed by atoms with Gasteiger partial charge in [-0.2, -0.15) is 11.8 Å². The van der Waals surface area contributed by atoms with E-state index in [4.69, 9.17) is 5.11 Å². The smallest absolute Gasteiger partial charge is 0.305 e. The number of aliphatic hydroxyl groups excluding tert-OH is 1. The number of hydrogen-bond donors (Lipinski definition) is 1. The number of esters is 1. The molecule has 0 aromatic rings. The molecule has 0 saturated heterocycles. The molecule has 0 fully saturated rings. The molecule has 0 aliphatic rings. The van der Waals surface area contributed by atoms with Crippen molar-refractivity contribution in [2.45, 2.75) is 38.0 Å². The molecule has 0 amide bonds. The summed E-state index contributed by atoms with van der Waals surface area (Å²) in [4.78, 5) is 10.7. The predicted molar refractivity (Wildman–Crippen MR) is 54.9 cm³/mol. The van der Waals surface area contributed by atoms with Gasteiger partial charge in [0, 0.05) is 11.7 Å². The Morgan fingerprint density at radius 3 is 2.62 bits per heavy atom. The zero-order chi connectivity index (χ0) is 10.3. The standard InChI is InChI=1S/C9H18O3S/c1-7(10)8(2)13-6-4-5-9(11)12-3/h7-8,10H,4-6H2,1-3H3. The zero-order valence-electron chi connectivity index (χ0n) is 8.45. The van der Waals surface area contributed by atoms with Crippen LogP contribution in [0.25, 0.3) is 0 Å². The first-order valence-corrected chi connectivity index (χ1v) is 5.49. The van der Waals surface area contributed by atoms with Gasteiger partial charge in [-0.1, -0.05) is 6.92 Å². The fraction of sp³-hybridized carbons (Fsp3) is 0.889. The highest BCUT2D eigenvalue weighted by Crippen LogP contribution is 2.15. The first-order valence-electron chi connectivity index (χ1n) is 4.44. The van der Waals surface area contributed by atoms with Crippen LogP contribution < -0.4 is 0 Å².